The summed E-state index contributed by atoms with van der Waals surface area (Å²) < 4.78 is 39.9. The molecule has 3 aromatic rings. The lowest BCUT2D eigenvalue weighted by atomic mass is 9.88. The van der Waals surface area contributed by atoms with Crippen LogP contribution in [0.5, 0.6) is 0 Å². The van der Waals surface area contributed by atoms with Crippen LogP contribution in [-0.2, 0) is 20.8 Å². The molecular formula is C32H33ClF3N5O3. The Hall–Kier alpha value is -4.43. The Morgan fingerprint density at radius 3 is 2.52 bits per heavy atom. The molecule has 1 heterocycles. The van der Waals surface area contributed by atoms with Gasteiger partial charge in [0, 0.05) is 42.3 Å². The number of nitrogens with one attached hydrogen (secondary N) is 1. The molecule has 0 spiro atoms. The van der Waals surface area contributed by atoms with E-state index in [1.165, 1.54) is 29.3 Å². The van der Waals surface area contributed by atoms with E-state index >= 15 is 0 Å². The summed E-state index contributed by atoms with van der Waals surface area (Å²) in [5, 5.41) is 11.8. The number of aromatic nitrogens is 1. The number of amides is 3. The van der Waals surface area contributed by atoms with Gasteiger partial charge in [0.05, 0.1) is 11.6 Å². The van der Waals surface area contributed by atoms with Crippen molar-refractivity contribution >= 4 is 41.8 Å². The average Bonchev–Trinajstić information content (AvgIpc) is 3.00. The summed E-state index contributed by atoms with van der Waals surface area (Å²) in [4.78, 5) is 42.1. The lowest BCUT2D eigenvalue weighted by Gasteiger charge is -2.37. The summed E-state index contributed by atoms with van der Waals surface area (Å²) >= 11 is 6.17. The Morgan fingerprint density at radius 2 is 1.91 bits per heavy atom. The molecule has 1 aliphatic rings. The van der Waals surface area contributed by atoms with Crippen molar-refractivity contribution in [1.82, 2.24) is 10.3 Å². The SMILES string of the molecule is CCCCN(C=O)c1cc(C#N)ccn1.O=CN(c1cccc(F)c1)C(CCc1ccccc1Cl)C(=O)NC1CC(F)(F)C1. The van der Waals surface area contributed by atoms with Crippen molar-refractivity contribution in [3.05, 3.63) is 88.8 Å². The molecule has 1 fully saturated rings. The number of unbranched alkanes of at least 4 members (excludes halogenated alkanes) is 1. The number of rotatable bonds is 13. The minimum absolute atomic E-state index is 0.188. The molecule has 0 bridgehead atoms. The Labute approximate surface area is 259 Å². The summed E-state index contributed by atoms with van der Waals surface area (Å²) in [5.74, 6) is -3.36. The second-order valence-corrected chi connectivity index (χ2v) is 10.7. The van der Waals surface area contributed by atoms with Crippen molar-refractivity contribution in [2.24, 2.45) is 0 Å². The number of aryl methyl sites for hydroxylation is 1. The third-order valence-corrected chi connectivity index (χ3v) is 7.36. The van der Waals surface area contributed by atoms with E-state index in [2.05, 4.69) is 17.2 Å². The Bertz CT molecular complexity index is 1460. The van der Waals surface area contributed by atoms with E-state index in [0.29, 0.717) is 35.8 Å². The molecule has 3 amide bonds. The van der Waals surface area contributed by atoms with Crippen LogP contribution in [0.15, 0.2) is 66.9 Å². The second kappa shape index (κ2) is 16.4. The van der Waals surface area contributed by atoms with Gasteiger partial charge >= 0.3 is 0 Å². The van der Waals surface area contributed by atoms with Gasteiger partial charge in [-0.25, -0.2) is 18.2 Å². The van der Waals surface area contributed by atoms with Crippen LogP contribution in [0.1, 0.15) is 50.2 Å². The smallest absolute Gasteiger partial charge is 0.252 e. The number of carbonyl (C=O) groups is 3. The van der Waals surface area contributed by atoms with Crippen LogP contribution in [0.25, 0.3) is 0 Å². The normalized spacial score (nSPS) is 14.1. The monoisotopic (exact) mass is 627 g/mol. The van der Waals surface area contributed by atoms with Gasteiger partial charge in [-0.05, 0) is 61.2 Å². The number of hydrogen-bond acceptors (Lipinski definition) is 5. The Kier molecular flexibility index (Phi) is 12.7. The lowest BCUT2D eigenvalue weighted by molar-refractivity contribution is -0.131. The highest BCUT2D eigenvalue weighted by Gasteiger charge is 2.46. The molecule has 1 atom stereocenters. The van der Waals surface area contributed by atoms with Gasteiger partial charge in [0.1, 0.15) is 17.7 Å². The molecular weight excluding hydrogens is 595 g/mol. The molecule has 0 radical (unpaired) electrons. The number of carbonyl (C=O) groups excluding carboxylic acids is 3. The maximum absolute atomic E-state index is 13.6. The first-order chi connectivity index (χ1) is 21.1. The molecule has 1 saturated carbocycles. The van der Waals surface area contributed by atoms with Crippen molar-refractivity contribution in [2.45, 2.75) is 63.5 Å². The quantitative estimate of drug-likeness (QED) is 0.232. The fraction of sp³-hybridized carbons (Fsp3) is 0.344. The number of anilines is 2. The number of nitrogens with zero attached hydrogens (tertiary/aromatic N) is 4. The molecule has 232 valence electrons. The lowest BCUT2D eigenvalue weighted by Crippen LogP contribution is -2.56. The second-order valence-electron chi connectivity index (χ2n) is 10.3. The Balaban J connectivity index is 0.000000297. The molecule has 2 aromatic carbocycles. The molecule has 12 heteroatoms. The van der Waals surface area contributed by atoms with E-state index in [4.69, 9.17) is 16.9 Å². The van der Waals surface area contributed by atoms with Gasteiger partial charge in [-0.15, -0.1) is 0 Å². The highest BCUT2D eigenvalue weighted by molar-refractivity contribution is 6.31. The van der Waals surface area contributed by atoms with Crippen molar-refractivity contribution in [3.63, 3.8) is 0 Å². The number of hydrogen-bond donors (Lipinski definition) is 1. The summed E-state index contributed by atoms with van der Waals surface area (Å²) in [6, 6.07) is 16.0. The van der Waals surface area contributed by atoms with Gasteiger partial charge in [0.2, 0.25) is 18.7 Å². The van der Waals surface area contributed by atoms with E-state index in [0.717, 1.165) is 35.8 Å². The van der Waals surface area contributed by atoms with E-state index in [1.54, 1.807) is 36.4 Å². The topological polar surface area (TPSA) is 106 Å². The van der Waals surface area contributed by atoms with Crippen LogP contribution in [0, 0.1) is 17.1 Å². The van der Waals surface area contributed by atoms with Gasteiger partial charge in [-0.2, -0.15) is 5.26 Å². The third kappa shape index (κ3) is 9.81. The standard InChI is InChI=1S/C21H20ClF3N2O2.C11H13N3O/c22-18-7-2-1-4-14(18)8-9-19(20(29)26-16-11-21(24,25)12-16)27(13-28)17-6-3-5-15(23)10-17;1-2-3-6-14(9-15)11-7-10(8-12)4-5-13-11/h1-7,10,13,16,19H,8-9,11-12H2,(H,26,29);4-5,7,9H,2-3,6H2,1H3. The first-order valence-electron chi connectivity index (χ1n) is 14.1. The minimum atomic E-state index is -2.78. The zero-order valence-corrected chi connectivity index (χ0v) is 24.9. The van der Waals surface area contributed by atoms with E-state index in [1.807, 2.05) is 6.07 Å². The summed E-state index contributed by atoms with van der Waals surface area (Å²) in [6.45, 7) is 2.70. The van der Waals surface area contributed by atoms with Gasteiger partial charge in [0.25, 0.3) is 5.92 Å². The molecule has 1 aliphatic carbocycles. The summed E-state index contributed by atoms with van der Waals surface area (Å²) in [6.07, 6.45) is 4.37. The van der Waals surface area contributed by atoms with Crippen molar-refractivity contribution < 1.29 is 27.6 Å². The minimum Gasteiger partial charge on any atom is -0.351 e. The molecule has 1 N–H and O–H groups in total. The van der Waals surface area contributed by atoms with Crippen LogP contribution in [0.2, 0.25) is 5.02 Å². The highest BCUT2D eigenvalue weighted by Crippen LogP contribution is 2.37. The zero-order valence-electron chi connectivity index (χ0n) is 24.1. The predicted molar refractivity (Wildman–Crippen MR) is 162 cm³/mol. The Morgan fingerprint density at radius 1 is 1.16 bits per heavy atom. The van der Waals surface area contributed by atoms with Gasteiger partial charge < -0.3 is 10.2 Å². The number of alkyl halides is 2. The van der Waals surface area contributed by atoms with Crippen molar-refractivity contribution in [2.75, 3.05) is 16.3 Å². The molecule has 4 rings (SSSR count). The van der Waals surface area contributed by atoms with E-state index < -0.39 is 42.6 Å². The van der Waals surface area contributed by atoms with Crippen LogP contribution < -0.4 is 15.1 Å². The maximum Gasteiger partial charge on any atom is 0.252 e. The van der Waals surface area contributed by atoms with Gasteiger partial charge in [-0.1, -0.05) is 49.2 Å². The zero-order chi connectivity index (χ0) is 32.1. The van der Waals surface area contributed by atoms with Crippen LogP contribution in [0.4, 0.5) is 24.7 Å². The van der Waals surface area contributed by atoms with Crippen molar-refractivity contribution in [3.8, 4) is 6.07 Å². The van der Waals surface area contributed by atoms with Crippen LogP contribution in [0.3, 0.4) is 0 Å². The van der Waals surface area contributed by atoms with E-state index in [-0.39, 0.29) is 12.1 Å². The third-order valence-electron chi connectivity index (χ3n) is 6.99. The predicted octanol–water partition coefficient (Wildman–Crippen LogP) is 6.07. The first-order valence-corrected chi connectivity index (χ1v) is 14.5. The van der Waals surface area contributed by atoms with Gasteiger partial charge in [0.15, 0.2) is 0 Å². The molecule has 8 nitrogen and oxygen atoms in total. The highest BCUT2D eigenvalue weighted by atomic mass is 35.5. The van der Waals surface area contributed by atoms with E-state index in [9.17, 15) is 27.6 Å². The number of nitriles is 1. The molecule has 0 aliphatic heterocycles. The number of halogens is 4. The number of benzene rings is 2. The summed E-state index contributed by atoms with van der Waals surface area (Å²) in [7, 11) is 0. The fourth-order valence-electron chi connectivity index (χ4n) is 4.60. The number of pyridine rings is 1. The molecule has 1 aromatic heterocycles. The molecule has 44 heavy (non-hydrogen) atoms. The largest absolute Gasteiger partial charge is 0.351 e. The van der Waals surface area contributed by atoms with Crippen molar-refractivity contribution in [1.29, 1.82) is 5.26 Å². The first kappa shape index (κ1) is 34.1. The fourth-order valence-corrected chi connectivity index (χ4v) is 4.83. The summed E-state index contributed by atoms with van der Waals surface area (Å²) in [5.41, 5.74) is 1.51. The van der Waals surface area contributed by atoms with Crippen LogP contribution >= 0.6 is 11.6 Å². The molecule has 0 saturated heterocycles. The molecule has 1 unspecified atom stereocenters. The maximum atomic E-state index is 13.6. The van der Waals surface area contributed by atoms with Crippen LogP contribution in [-0.4, -0.2) is 48.3 Å². The average molecular weight is 628 g/mol. The van der Waals surface area contributed by atoms with Gasteiger partial charge in [-0.3, -0.25) is 19.3 Å².